The Balaban J connectivity index is 1.71. The Bertz CT molecular complexity index is 940. The van der Waals surface area contributed by atoms with Gasteiger partial charge in [-0.15, -0.1) is 16.8 Å². The summed E-state index contributed by atoms with van der Waals surface area (Å²) in [6, 6.07) is 11.6. The van der Waals surface area contributed by atoms with Gasteiger partial charge in [0.15, 0.2) is 11.9 Å². The number of benzene rings is 1. The van der Waals surface area contributed by atoms with Gasteiger partial charge in [0, 0.05) is 17.0 Å². The second kappa shape index (κ2) is 7.45. The highest BCUT2D eigenvalue weighted by atomic mass is 32.2. The van der Waals surface area contributed by atoms with Gasteiger partial charge in [0.2, 0.25) is 11.0 Å². The quantitative estimate of drug-likeness (QED) is 0.536. The number of aromatic nitrogens is 3. The number of nitrogens with one attached hydrogen (secondary N) is 1. The molecule has 1 aliphatic rings. The Labute approximate surface area is 155 Å². The minimum atomic E-state index is -0.420. The summed E-state index contributed by atoms with van der Waals surface area (Å²) in [6.07, 6.45) is 6.74. The molecule has 0 bridgehead atoms. The Hall–Kier alpha value is -3.06. The van der Waals surface area contributed by atoms with Crippen LogP contribution < -0.4 is 10.1 Å². The number of hydrogen-bond donors (Lipinski definition) is 1. The van der Waals surface area contributed by atoms with E-state index in [9.17, 15) is 0 Å². The molecule has 0 unspecified atom stereocenters. The second-order valence-corrected chi connectivity index (χ2v) is 6.44. The summed E-state index contributed by atoms with van der Waals surface area (Å²) in [5, 5.41) is 12.4. The SMILES string of the molecule is C=CCSc1nnc2c(n1)O[C@H](/C=C/c1ccco1)Nc1ccccc1-2. The fraction of sp³-hybridized carbons (Fsp3) is 0.105. The lowest BCUT2D eigenvalue weighted by molar-refractivity contribution is 0.266. The Kier molecular flexibility index (Phi) is 4.70. The zero-order chi connectivity index (χ0) is 17.8. The van der Waals surface area contributed by atoms with Crippen molar-refractivity contribution < 1.29 is 9.15 Å². The lowest BCUT2D eigenvalue weighted by atomic mass is 10.1. The summed E-state index contributed by atoms with van der Waals surface area (Å²) in [5.41, 5.74) is 2.42. The van der Waals surface area contributed by atoms with Gasteiger partial charge in [0.25, 0.3) is 0 Å². The number of ether oxygens (including phenoxy) is 1. The first-order chi connectivity index (χ1) is 12.8. The van der Waals surface area contributed by atoms with E-state index in [0.717, 1.165) is 17.0 Å². The summed E-state index contributed by atoms with van der Waals surface area (Å²) in [5.74, 6) is 1.89. The molecule has 26 heavy (non-hydrogen) atoms. The van der Waals surface area contributed by atoms with Crippen molar-refractivity contribution >= 4 is 23.5 Å². The van der Waals surface area contributed by atoms with Gasteiger partial charge >= 0.3 is 0 Å². The fourth-order valence-electron chi connectivity index (χ4n) is 2.52. The number of anilines is 1. The molecule has 0 saturated carbocycles. The van der Waals surface area contributed by atoms with E-state index in [-0.39, 0.29) is 0 Å². The predicted octanol–water partition coefficient (Wildman–Crippen LogP) is 4.25. The van der Waals surface area contributed by atoms with Crippen LogP contribution >= 0.6 is 11.8 Å². The van der Waals surface area contributed by atoms with E-state index in [2.05, 4.69) is 27.1 Å². The van der Waals surface area contributed by atoms with Crippen LogP contribution in [0.5, 0.6) is 5.88 Å². The molecule has 1 atom stereocenters. The number of nitrogens with zero attached hydrogens (tertiary/aromatic N) is 3. The minimum Gasteiger partial charge on any atom is -0.465 e. The number of hydrogen-bond acceptors (Lipinski definition) is 7. The molecule has 0 amide bonds. The third kappa shape index (κ3) is 3.48. The van der Waals surface area contributed by atoms with E-state index in [1.54, 1.807) is 12.3 Å². The molecule has 130 valence electrons. The van der Waals surface area contributed by atoms with Crippen LogP contribution in [0.4, 0.5) is 5.69 Å². The van der Waals surface area contributed by atoms with Crippen LogP contribution in [-0.4, -0.2) is 27.2 Å². The van der Waals surface area contributed by atoms with Crippen LogP contribution in [0.15, 0.2) is 71.0 Å². The molecule has 0 aliphatic carbocycles. The first-order valence-corrected chi connectivity index (χ1v) is 9.05. The highest BCUT2D eigenvalue weighted by Crippen LogP contribution is 2.36. The average molecular weight is 364 g/mol. The number of furan rings is 1. The molecule has 2 aromatic heterocycles. The van der Waals surface area contributed by atoms with Crippen molar-refractivity contribution in [2.24, 2.45) is 0 Å². The van der Waals surface area contributed by atoms with Crippen LogP contribution in [-0.2, 0) is 0 Å². The largest absolute Gasteiger partial charge is 0.465 e. The van der Waals surface area contributed by atoms with Crippen molar-refractivity contribution in [2.45, 2.75) is 11.4 Å². The van der Waals surface area contributed by atoms with Crippen molar-refractivity contribution in [1.29, 1.82) is 0 Å². The van der Waals surface area contributed by atoms with Gasteiger partial charge < -0.3 is 14.5 Å². The first-order valence-electron chi connectivity index (χ1n) is 8.06. The van der Waals surface area contributed by atoms with Gasteiger partial charge in [-0.25, -0.2) is 0 Å². The van der Waals surface area contributed by atoms with Crippen LogP contribution in [0.25, 0.3) is 17.3 Å². The maximum atomic E-state index is 6.07. The van der Waals surface area contributed by atoms with E-state index < -0.39 is 6.23 Å². The Morgan fingerprint density at radius 2 is 2.12 bits per heavy atom. The molecule has 0 fully saturated rings. The number of thioether (sulfide) groups is 1. The average Bonchev–Trinajstić information content (AvgIpc) is 3.13. The zero-order valence-corrected chi connectivity index (χ0v) is 14.6. The van der Waals surface area contributed by atoms with Gasteiger partial charge in [-0.05, 0) is 30.4 Å². The molecule has 0 radical (unpaired) electrons. The Morgan fingerprint density at radius 3 is 2.96 bits per heavy atom. The maximum absolute atomic E-state index is 6.07. The third-order valence-corrected chi connectivity index (χ3v) is 4.50. The van der Waals surface area contributed by atoms with Crippen molar-refractivity contribution in [1.82, 2.24) is 15.2 Å². The molecule has 1 aromatic carbocycles. The number of fused-ring (bicyclic) bond motifs is 3. The highest BCUT2D eigenvalue weighted by Gasteiger charge is 2.23. The molecule has 3 aromatic rings. The van der Waals surface area contributed by atoms with Crippen molar-refractivity contribution in [3.8, 4) is 17.1 Å². The van der Waals surface area contributed by atoms with E-state index in [0.29, 0.717) is 22.5 Å². The minimum absolute atomic E-state index is 0.420. The number of rotatable bonds is 5. The molecular weight excluding hydrogens is 348 g/mol. The normalized spacial score (nSPS) is 15.5. The molecule has 0 saturated heterocycles. The van der Waals surface area contributed by atoms with Gasteiger partial charge in [0.1, 0.15) is 5.76 Å². The lowest BCUT2D eigenvalue weighted by Crippen LogP contribution is -2.23. The Morgan fingerprint density at radius 1 is 1.19 bits per heavy atom. The molecule has 3 heterocycles. The zero-order valence-electron chi connectivity index (χ0n) is 13.8. The van der Waals surface area contributed by atoms with E-state index in [1.807, 2.05) is 48.6 Å². The van der Waals surface area contributed by atoms with Crippen molar-refractivity contribution in [3.63, 3.8) is 0 Å². The first kappa shape index (κ1) is 16.4. The number of para-hydroxylation sites is 1. The molecule has 0 spiro atoms. The molecule has 6 nitrogen and oxygen atoms in total. The summed E-state index contributed by atoms with van der Waals surface area (Å²) < 4.78 is 11.4. The lowest BCUT2D eigenvalue weighted by Gasteiger charge is -2.15. The van der Waals surface area contributed by atoms with Crippen LogP contribution in [0.2, 0.25) is 0 Å². The monoisotopic (exact) mass is 364 g/mol. The van der Waals surface area contributed by atoms with Crippen LogP contribution in [0.1, 0.15) is 5.76 Å². The third-order valence-electron chi connectivity index (χ3n) is 3.66. The second-order valence-electron chi connectivity index (χ2n) is 5.45. The standard InChI is InChI=1S/C19H16N4O2S/c1-2-12-26-19-21-18-17(22-23-19)14-7-3-4-8-15(14)20-16(25-18)10-9-13-6-5-11-24-13/h2-11,16,20H,1,12H2/b10-9+/t16-/m1/s1. The topological polar surface area (TPSA) is 73.1 Å². The molecule has 1 aliphatic heterocycles. The van der Waals surface area contributed by atoms with Crippen LogP contribution in [0, 0.1) is 0 Å². The molecule has 1 N–H and O–H groups in total. The summed E-state index contributed by atoms with van der Waals surface area (Å²) >= 11 is 1.46. The highest BCUT2D eigenvalue weighted by molar-refractivity contribution is 7.99. The summed E-state index contributed by atoms with van der Waals surface area (Å²) in [6.45, 7) is 3.71. The van der Waals surface area contributed by atoms with E-state index >= 15 is 0 Å². The smallest absolute Gasteiger partial charge is 0.247 e. The van der Waals surface area contributed by atoms with Crippen molar-refractivity contribution in [3.05, 3.63) is 67.2 Å². The predicted molar refractivity (Wildman–Crippen MR) is 102 cm³/mol. The summed E-state index contributed by atoms with van der Waals surface area (Å²) in [7, 11) is 0. The molecule has 7 heteroatoms. The van der Waals surface area contributed by atoms with Gasteiger partial charge in [-0.3, -0.25) is 0 Å². The van der Waals surface area contributed by atoms with E-state index in [4.69, 9.17) is 9.15 Å². The summed E-state index contributed by atoms with van der Waals surface area (Å²) in [4.78, 5) is 4.53. The maximum Gasteiger partial charge on any atom is 0.247 e. The van der Waals surface area contributed by atoms with Crippen LogP contribution in [0.3, 0.4) is 0 Å². The van der Waals surface area contributed by atoms with Gasteiger partial charge in [-0.2, -0.15) is 4.98 Å². The molecular formula is C19H16N4O2S. The van der Waals surface area contributed by atoms with Gasteiger partial charge in [0.05, 0.1) is 6.26 Å². The fourth-order valence-corrected chi connectivity index (χ4v) is 3.03. The van der Waals surface area contributed by atoms with Crippen molar-refractivity contribution in [2.75, 3.05) is 11.1 Å². The van der Waals surface area contributed by atoms with Gasteiger partial charge in [-0.1, -0.05) is 36.0 Å². The van der Waals surface area contributed by atoms with E-state index in [1.165, 1.54) is 11.8 Å². The molecule has 4 rings (SSSR count).